The first kappa shape index (κ1) is 21.9. The van der Waals surface area contributed by atoms with Crippen molar-refractivity contribution >= 4 is 12.2 Å². The van der Waals surface area contributed by atoms with E-state index in [2.05, 4.69) is 0 Å². The molecule has 2 aromatic carbocycles. The van der Waals surface area contributed by atoms with E-state index in [0.29, 0.717) is 11.3 Å². The molecule has 0 unspecified atom stereocenters. The monoisotopic (exact) mass is 420 g/mol. The number of ether oxygens (including phenoxy) is 3. The van der Waals surface area contributed by atoms with Crippen LogP contribution in [0.5, 0.6) is 23.0 Å². The van der Waals surface area contributed by atoms with Crippen LogP contribution < -0.4 is 9.47 Å². The molecule has 9 nitrogen and oxygen atoms in total. The number of phenols is 2. The summed E-state index contributed by atoms with van der Waals surface area (Å²) in [5.41, 5.74) is 1.30. The minimum absolute atomic E-state index is 0.0159. The van der Waals surface area contributed by atoms with E-state index < -0.39 is 37.3 Å². The second-order valence-electron chi connectivity index (χ2n) is 6.84. The molecule has 9 heteroatoms. The van der Waals surface area contributed by atoms with E-state index in [1.54, 1.807) is 30.4 Å². The third-order valence-corrected chi connectivity index (χ3v) is 4.69. The van der Waals surface area contributed by atoms with Crippen LogP contribution in [0.3, 0.4) is 0 Å². The predicted molar refractivity (Wildman–Crippen MR) is 106 cm³/mol. The van der Waals surface area contributed by atoms with Crippen molar-refractivity contribution in [1.29, 1.82) is 0 Å². The maximum Gasteiger partial charge on any atom is 0.229 e. The lowest BCUT2D eigenvalue weighted by Gasteiger charge is -2.39. The van der Waals surface area contributed by atoms with Gasteiger partial charge >= 0.3 is 0 Å². The zero-order valence-electron chi connectivity index (χ0n) is 16.1. The topological polar surface area (TPSA) is 149 Å². The van der Waals surface area contributed by atoms with Crippen molar-refractivity contribution in [2.45, 2.75) is 30.7 Å². The fourth-order valence-corrected chi connectivity index (χ4v) is 3.06. The van der Waals surface area contributed by atoms with Crippen LogP contribution in [0.1, 0.15) is 11.1 Å². The summed E-state index contributed by atoms with van der Waals surface area (Å²) >= 11 is 0. The van der Waals surface area contributed by atoms with Crippen LogP contribution in [0, 0.1) is 0 Å². The number of phenolic OH excluding ortho intramolecular Hbond substituents is 2. The number of aromatic hydroxyl groups is 2. The number of aliphatic hydroxyl groups excluding tert-OH is 4. The van der Waals surface area contributed by atoms with Gasteiger partial charge in [0.05, 0.1) is 13.7 Å². The van der Waals surface area contributed by atoms with Gasteiger partial charge < -0.3 is 44.8 Å². The third kappa shape index (κ3) is 4.84. The van der Waals surface area contributed by atoms with Crippen molar-refractivity contribution in [3.8, 4) is 23.0 Å². The summed E-state index contributed by atoms with van der Waals surface area (Å²) < 4.78 is 15.9. The van der Waals surface area contributed by atoms with Crippen molar-refractivity contribution in [3.63, 3.8) is 0 Å². The second kappa shape index (κ2) is 9.33. The van der Waals surface area contributed by atoms with Crippen LogP contribution >= 0.6 is 0 Å². The SMILES string of the molecule is COc1cc(/C=C/c2cc(O)cc(O[C@@H]3O[C@@H](CO)[C@@H](O)[C@H](O)[C@H]3O)c2)ccc1O. The van der Waals surface area contributed by atoms with Gasteiger partial charge in [-0.15, -0.1) is 0 Å². The number of aliphatic hydroxyl groups is 4. The average Bonchev–Trinajstić information content (AvgIpc) is 2.73. The molecule has 0 radical (unpaired) electrons. The Morgan fingerprint density at radius 1 is 0.933 bits per heavy atom. The zero-order valence-corrected chi connectivity index (χ0v) is 16.1. The summed E-state index contributed by atoms with van der Waals surface area (Å²) in [6.07, 6.45) is -3.67. The predicted octanol–water partition coefficient (Wildman–Crippen LogP) is 0.455. The van der Waals surface area contributed by atoms with E-state index in [4.69, 9.17) is 14.2 Å². The van der Waals surface area contributed by atoms with Gasteiger partial charge in [-0.2, -0.15) is 0 Å². The van der Waals surface area contributed by atoms with Crippen molar-refractivity contribution in [2.24, 2.45) is 0 Å². The molecule has 6 N–H and O–H groups in total. The highest BCUT2D eigenvalue weighted by Gasteiger charge is 2.44. The molecule has 162 valence electrons. The maximum absolute atomic E-state index is 10.1. The molecule has 1 aliphatic rings. The summed E-state index contributed by atoms with van der Waals surface area (Å²) in [5.74, 6) is 0.365. The molecule has 30 heavy (non-hydrogen) atoms. The molecule has 0 saturated carbocycles. The van der Waals surface area contributed by atoms with Crippen LogP contribution in [0.4, 0.5) is 0 Å². The van der Waals surface area contributed by atoms with Crippen LogP contribution in [0.25, 0.3) is 12.2 Å². The number of rotatable bonds is 6. The van der Waals surface area contributed by atoms with Crippen molar-refractivity contribution in [3.05, 3.63) is 47.5 Å². The number of methoxy groups -OCH3 is 1. The number of hydrogen-bond donors (Lipinski definition) is 6. The first-order valence-electron chi connectivity index (χ1n) is 9.18. The summed E-state index contributed by atoms with van der Waals surface area (Å²) in [5, 5.41) is 58.7. The Hall–Kier alpha value is -2.82. The van der Waals surface area contributed by atoms with E-state index in [1.807, 2.05) is 0 Å². The average molecular weight is 420 g/mol. The van der Waals surface area contributed by atoms with Gasteiger partial charge in [-0.3, -0.25) is 0 Å². The van der Waals surface area contributed by atoms with Gasteiger partial charge in [-0.1, -0.05) is 18.2 Å². The van der Waals surface area contributed by atoms with Gasteiger partial charge in [-0.05, 0) is 35.4 Å². The molecule has 0 spiro atoms. The van der Waals surface area contributed by atoms with Crippen LogP contribution in [-0.4, -0.2) is 75.1 Å². The molecule has 1 aliphatic heterocycles. The van der Waals surface area contributed by atoms with Crippen LogP contribution in [0.15, 0.2) is 36.4 Å². The van der Waals surface area contributed by atoms with Gasteiger partial charge in [0.1, 0.15) is 35.9 Å². The highest BCUT2D eigenvalue weighted by atomic mass is 16.7. The molecule has 2 aromatic rings. The molecular formula is C21H24O9. The van der Waals surface area contributed by atoms with E-state index in [1.165, 1.54) is 25.3 Å². The number of hydrogen-bond acceptors (Lipinski definition) is 9. The Kier molecular flexibility index (Phi) is 6.80. The lowest BCUT2D eigenvalue weighted by Crippen LogP contribution is -2.60. The quantitative estimate of drug-likeness (QED) is 0.366. The largest absolute Gasteiger partial charge is 0.508 e. The smallest absolute Gasteiger partial charge is 0.229 e. The molecule has 0 aliphatic carbocycles. The molecule has 1 saturated heterocycles. The van der Waals surface area contributed by atoms with Gasteiger partial charge in [0, 0.05) is 6.07 Å². The normalized spacial score (nSPS) is 26.6. The molecule has 3 rings (SSSR count). The minimum Gasteiger partial charge on any atom is -0.508 e. The van der Waals surface area contributed by atoms with E-state index in [9.17, 15) is 30.6 Å². The summed E-state index contributed by atoms with van der Waals surface area (Å²) in [6.45, 7) is -0.574. The van der Waals surface area contributed by atoms with E-state index in [-0.39, 0.29) is 17.2 Å². The zero-order chi connectivity index (χ0) is 21.8. The third-order valence-electron chi connectivity index (χ3n) is 4.69. The first-order valence-corrected chi connectivity index (χ1v) is 9.18. The Balaban J connectivity index is 1.78. The summed E-state index contributed by atoms with van der Waals surface area (Å²) in [7, 11) is 1.44. The fraction of sp³-hybridized carbons (Fsp3) is 0.333. The molecule has 1 fully saturated rings. The van der Waals surface area contributed by atoms with E-state index in [0.717, 1.165) is 5.56 Å². The van der Waals surface area contributed by atoms with Gasteiger partial charge in [0.15, 0.2) is 11.5 Å². The van der Waals surface area contributed by atoms with Crippen LogP contribution in [0.2, 0.25) is 0 Å². The van der Waals surface area contributed by atoms with Gasteiger partial charge in [-0.25, -0.2) is 0 Å². The first-order chi connectivity index (χ1) is 14.3. The molecule has 1 heterocycles. The van der Waals surface area contributed by atoms with E-state index >= 15 is 0 Å². The second-order valence-corrected chi connectivity index (χ2v) is 6.84. The minimum atomic E-state index is -1.57. The molecule has 0 amide bonds. The summed E-state index contributed by atoms with van der Waals surface area (Å²) in [4.78, 5) is 0. The van der Waals surface area contributed by atoms with Gasteiger partial charge in [0.25, 0.3) is 0 Å². The standard InChI is InChI=1S/C21H24O9/c1-28-16-8-11(4-5-15(16)24)2-3-12-6-13(23)9-14(7-12)29-21-20(27)19(26)18(25)17(10-22)30-21/h2-9,17-27H,10H2,1H3/b3-2+/t17-,18+,19-,20+,21+/m0/s1. The fourth-order valence-electron chi connectivity index (χ4n) is 3.06. The molecule has 0 aromatic heterocycles. The lowest BCUT2D eigenvalue weighted by atomic mass is 9.99. The Labute approximate surface area is 172 Å². The highest BCUT2D eigenvalue weighted by Crippen LogP contribution is 2.30. The molecule has 5 atom stereocenters. The molecule has 0 bridgehead atoms. The Morgan fingerprint density at radius 3 is 2.37 bits per heavy atom. The highest BCUT2D eigenvalue weighted by molar-refractivity contribution is 5.72. The van der Waals surface area contributed by atoms with Crippen molar-refractivity contribution in [2.75, 3.05) is 13.7 Å². The van der Waals surface area contributed by atoms with Crippen LogP contribution in [-0.2, 0) is 4.74 Å². The van der Waals surface area contributed by atoms with Crippen molar-refractivity contribution < 1.29 is 44.8 Å². The molecular weight excluding hydrogens is 396 g/mol. The maximum atomic E-state index is 10.1. The van der Waals surface area contributed by atoms with Gasteiger partial charge in [0.2, 0.25) is 6.29 Å². The Morgan fingerprint density at radius 2 is 1.67 bits per heavy atom. The Bertz CT molecular complexity index is 896. The number of benzene rings is 2. The lowest BCUT2D eigenvalue weighted by molar-refractivity contribution is -0.277. The van der Waals surface area contributed by atoms with Crippen molar-refractivity contribution in [1.82, 2.24) is 0 Å². The summed E-state index contributed by atoms with van der Waals surface area (Å²) in [6, 6.07) is 9.16.